The van der Waals surface area contributed by atoms with Gasteiger partial charge < -0.3 is 15.9 Å². The minimum Gasteiger partial charge on any atom is -0.508 e. The smallest absolute Gasteiger partial charge is 0.120 e. The van der Waals surface area contributed by atoms with Crippen LogP contribution in [-0.2, 0) is 0 Å². The lowest BCUT2D eigenvalue weighted by Crippen LogP contribution is -2.12. The van der Waals surface area contributed by atoms with E-state index in [1.165, 1.54) is 0 Å². The number of halogens is 1. The van der Waals surface area contributed by atoms with Crippen LogP contribution < -0.4 is 5.73 Å². The maximum absolute atomic E-state index is 9.59. The summed E-state index contributed by atoms with van der Waals surface area (Å²) in [4.78, 5) is 0. The third kappa shape index (κ3) is 2.38. The van der Waals surface area contributed by atoms with Crippen molar-refractivity contribution in [3.05, 3.63) is 28.3 Å². The molecule has 0 aromatic heterocycles. The van der Waals surface area contributed by atoms with E-state index in [0.29, 0.717) is 17.0 Å². The standard InChI is InChI=1S/C10H14ClNO2/c1-6-4-10(14)7(5-8(6)11)9(12)2-3-13/h4-5,9,13-14H,2-3,12H2,1H3. The van der Waals surface area contributed by atoms with Crippen molar-refractivity contribution >= 4 is 11.6 Å². The van der Waals surface area contributed by atoms with Gasteiger partial charge in [-0.1, -0.05) is 11.6 Å². The maximum Gasteiger partial charge on any atom is 0.120 e. The molecule has 1 aromatic carbocycles. The second kappa shape index (κ2) is 4.64. The molecule has 4 N–H and O–H groups in total. The van der Waals surface area contributed by atoms with E-state index in [1.807, 2.05) is 6.92 Å². The number of aliphatic hydroxyl groups is 1. The van der Waals surface area contributed by atoms with Crippen LogP contribution >= 0.6 is 11.6 Å². The Kier molecular flexibility index (Phi) is 3.75. The number of benzene rings is 1. The fourth-order valence-corrected chi connectivity index (χ4v) is 1.45. The summed E-state index contributed by atoms with van der Waals surface area (Å²) in [6, 6.07) is 2.85. The van der Waals surface area contributed by atoms with E-state index in [-0.39, 0.29) is 18.4 Å². The lowest BCUT2D eigenvalue weighted by atomic mass is 10.0. The summed E-state index contributed by atoms with van der Waals surface area (Å²) in [5.41, 5.74) is 7.13. The molecule has 3 nitrogen and oxygen atoms in total. The Morgan fingerprint density at radius 2 is 2.14 bits per heavy atom. The van der Waals surface area contributed by atoms with Crippen molar-refractivity contribution < 1.29 is 10.2 Å². The average Bonchev–Trinajstić information content (AvgIpc) is 2.11. The second-order valence-corrected chi connectivity index (χ2v) is 3.69. The van der Waals surface area contributed by atoms with E-state index in [0.717, 1.165) is 5.56 Å². The van der Waals surface area contributed by atoms with Crippen molar-refractivity contribution in [2.75, 3.05) is 6.61 Å². The molecular weight excluding hydrogens is 202 g/mol. The highest BCUT2D eigenvalue weighted by molar-refractivity contribution is 6.31. The van der Waals surface area contributed by atoms with Crippen LogP contribution in [0.2, 0.25) is 5.02 Å². The highest BCUT2D eigenvalue weighted by Crippen LogP contribution is 2.30. The summed E-state index contributed by atoms with van der Waals surface area (Å²) < 4.78 is 0. The van der Waals surface area contributed by atoms with Gasteiger partial charge in [-0.05, 0) is 31.0 Å². The summed E-state index contributed by atoms with van der Waals surface area (Å²) in [6.45, 7) is 1.80. The van der Waals surface area contributed by atoms with Crippen molar-refractivity contribution in [3.63, 3.8) is 0 Å². The summed E-state index contributed by atoms with van der Waals surface area (Å²) in [6.07, 6.45) is 0.410. The lowest BCUT2D eigenvalue weighted by molar-refractivity contribution is 0.275. The Morgan fingerprint density at radius 1 is 1.50 bits per heavy atom. The third-order valence-electron chi connectivity index (χ3n) is 2.15. The third-order valence-corrected chi connectivity index (χ3v) is 2.55. The zero-order valence-electron chi connectivity index (χ0n) is 8.00. The molecule has 1 unspecified atom stereocenters. The molecule has 0 aliphatic rings. The van der Waals surface area contributed by atoms with Gasteiger partial charge in [0.15, 0.2) is 0 Å². The molecule has 1 aromatic rings. The predicted molar refractivity (Wildman–Crippen MR) is 56.5 cm³/mol. The molecule has 0 spiro atoms. The Labute approximate surface area is 88.1 Å². The summed E-state index contributed by atoms with van der Waals surface area (Å²) in [5.74, 6) is 0.132. The number of rotatable bonds is 3. The van der Waals surface area contributed by atoms with Gasteiger partial charge in [0.25, 0.3) is 0 Å². The minimum absolute atomic E-state index is 0.00784. The number of phenols is 1. The van der Waals surface area contributed by atoms with E-state index in [9.17, 15) is 5.11 Å². The van der Waals surface area contributed by atoms with E-state index in [2.05, 4.69) is 0 Å². The van der Waals surface area contributed by atoms with Crippen LogP contribution in [0.15, 0.2) is 12.1 Å². The summed E-state index contributed by atoms with van der Waals surface area (Å²) >= 11 is 5.90. The van der Waals surface area contributed by atoms with E-state index in [1.54, 1.807) is 12.1 Å². The van der Waals surface area contributed by atoms with Gasteiger partial charge in [0.1, 0.15) is 5.75 Å². The largest absolute Gasteiger partial charge is 0.508 e. The number of nitrogens with two attached hydrogens (primary N) is 1. The molecule has 1 rings (SSSR count). The predicted octanol–water partition coefficient (Wildman–Crippen LogP) is 1.74. The van der Waals surface area contributed by atoms with Crippen LogP contribution in [0.5, 0.6) is 5.75 Å². The first-order valence-corrected chi connectivity index (χ1v) is 4.79. The monoisotopic (exact) mass is 215 g/mol. The van der Waals surface area contributed by atoms with Crippen LogP contribution in [0.25, 0.3) is 0 Å². The zero-order chi connectivity index (χ0) is 10.7. The molecule has 4 heteroatoms. The molecule has 0 aliphatic heterocycles. The van der Waals surface area contributed by atoms with E-state index in [4.69, 9.17) is 22.4 Å². The quantitative estimate of drug-likeness (QED) is 0.720. The Bertz CT molecular complexity index is 328. The Balaban J connectivity index is 3.02. The highest BCUT2D eigenvalue weighted by Gasteiger charge is 2.12. The van der Waals surface area contributed by atoms with Gasteiger partial charge in [-0.15, -0.1) is 0 Å². The van der Waals surface area contributed by atoms with Crippen LogP contribution in [0, 0.1) is 6.92 Å². The maximum atomic E-state index is 9.59. The molecule has 0 saturated heterocycles. The van der Waals surface area contributed by atoms with Gasteiger partial charge in [-0.3, -0.25) is 0 Å². The van der Waals surface area contributed by atoms with Crippen molar-refractivity contribution in [3.8, 4) is 5.75 Å². The molecular formula is C10H14ClNO2. The number of aromatic hydroxyl groups is 1. The van der Waals surface area contributed by atoms with E-state index < -0.39 is 0 Å². The zero-order valence-corrected chi connectivity index (χ0v) is 8.75. The van der Waals surface area contributed by atoms with Gasteiger partial charge in [-0.25, -0.2) is 0 Å². The van der Waals surface area contributed by atoms with Gasteiger partial charge in [0, 0.05) is 23.2 Å². The van der Waals surface area contributed by atoms with Gasteiger partial charge >= 0.3 is 0 Å². The van der Waals surface area contributed by atoms with Crippen LogP contribution in [0.3, 0.4) is 0 Å². The first-order valence-electron chi connectivity index (χ1n) is 4.41. The molecule has 0 fully saturated rings. The topological polar surface area (TPSA) is 66.5 Å². The first kappa shape index (κ1) is 11.3. The van der Waals surface area contributed by atoms with Gasteiger partial charge in [0.05, 0.1) is 0 Å². The average molecular weight is 216 g/mol. The van der Waals surface area contributed by atoms with Crippen molar-refractivity contribution in [1.29, 1.82) is 0 Å². The van der Waals surface area contributed by atoms with Crippen molar-refractivity contribution in [2.45, 2.75) is 19.4 Å². The molecule has 0 radical (unpaired) electrons. The summed E-state index contributed by atoms with van der Waals surface area (Å²) in [5, 5.41) is 18.9. The van der Waals surface area contributed by atoms with Crippen LogP contribution in [-0.4, -0.2) is 16.8 Å². The number of hydrogen-bond donors (Lipinski definition) is 3. The fraction of sp³-hybridized carbons (Fsp3) is 0.400. The SMILES string of the molecule is Cc1cc(O)c(C(N)CCO)cc1Cl. The molecule has 14 heavy (non-hydrogen) atoms. The molecule has 0 heterocycles. The molecule has 1 atom stereocenters. The molecule has 0 aliphatic carbocycles. The Morgan fingerprint density at radius 3 is 2.71 bits per heavy atom. The summed E-state index contributed by atoms with van der Waals surface area (Å²) in [7, 11) is 0. The van der Waals surface area contributed by atoms with Gasteiger partial charge in [-0.2, -0.15) is 0 Å². The second-order valence-electron chi connectivity index (χ2n) is 3.28. The molecule has 0 saturated carbocycles. The van der Waals surface area contributed by atoms with Crippen molar-refractivity contribution in [2.24, 2.45) is 5.73 Å². The lowest BCUT2D eigenvalue weighted by Gasteiger charge is -2.13. The van der Waals surface area contributed by atoms with Crippen LogP contribution in [0.1, 0.15) is 23.6 Å². The van der Waals surface area contributed by atoms with Crippen LogP contribution in [0.4, 0.5) is 0 Å². The van der Waals surface area contributed by atoms with Gasteiger partial charge in [0.2, 0.25) is 0 Å². The minimum atomic E-state index is -0.377. The fourth-order valence-electron chi connectivity index (χ4n) is 1.27. The number of aryl methyl sites for hydroxylation is 1. The van der Waals surface area contributed by atoms with E-state index >= 15 is 0 Å². The van der Waals surface area contributed by atoms with Crippen molar-refractivity contribution in [1.82, 2.24) is 0 Å². The number of aliphatic hydroxyl groups excluding tert-OH is 1. The molecule has 0 amide bonds. The normalized spacial score (nSPS) is 12.9. The number of phenolic OH excluding ortho intramolecular Hbond substituents is 1. The molecule has 0 bridgehead atoms. The number of hydrogen-bond acceptors (Lipinski definition) is 3. The first-order chi connectivity index (χ1) is 6.56. The highest BCUT2D eigenvalue weighted by atomic mass is 35.5. The Hall–Kier alpha value is -0.770. The molecule has 78 valence electrons.